The zero-order chi connectivity index (χ0) is 10.8. The van der Waals surface area contributed by atoms with Crippen LogP contribution >= 0.6 is 0 Å². The lowest BCUT2D eigenvalue weighted by molar-refractivity contribution is -0.152. The van der Waals surface area contributed by atoms with Gasteiger partial charge in [0.15, 0.2) is 0 Å². The molecule has 2 atom stereocenters. The molecule has 1 aliphatic rings. The molecule has 0 aromatic carbocycles. The van der Waals surface area contributed by atoms with Crippen molar-refractivity contribution in [1.29, 1.82) is 0 Å². The Morgan fingerprint density at radius 1 is 1.57 bits per heavy atom. The number of rotatable bonds is 5. The maximum Gasteiger partial charge on any atom is 0.311 e. The summed E-state index contributed by atoms with van der Waals surface area (Å²) in [5.41, 5.74) is -0.387. The summed E-state index contributed by atoms with van der Waals surface area (Å²) < 4.78 is 4.76. The lowest BCUT2D eigenvalue weighted by atomic mass is 9.86. The summed E-state index contributed by atoms with van der Waals surface area (Å²) in [5.74, 6) is 0.792. The Kier molecular flexibility index (Phi) is 3.29. The van der Waals surface area contributed by atoms with Gasteiger partial charge in [0.05, 0.1) is 12.5 Å². The van der Waals surface area contributed by atoms with E-state index in [1.807, 2.05) is 13.8 Å². The van der Waals surface area contributed by atoms with E-state index >= 15 is 0 Å². The summed E-state index contributed by atoms with van der Waals surface area (Å²) in [6, 6.07) is 0. The van der Waals surface area contributed by atoms with Gasteiger partial charge in [0.25, 0.3) is 0 Å². The lowest BCUT2D eigenvalue weighted by Gasteiger charge is -2.21. The molecule has 0 heterocycles. The zero-order valence-electron chi connectivity index (χ0n) is 9.08. The van der Waals surface area contributed by atoms with Crippen LogP contribution in [0.1, 0.15) is 33.1 Å². The number of methoxy groups -OCH3 is 1. The molecular formula is C11H18O3. The first-order valence-corrected chi connectivity index (χ1v) is 5.06. The number of esters is 1. The minimum atomic E-state index is -0.387. The molecule has 0 aromatic heterocycles. The Morgan fingerprint density at radius 3 is 2.71 bits per heavy atom. The number of carbonyl (C=O) groups is 2. The molecule has 0 radical (unpaired) electrons. The molecule has 3 heteroatoms. The molecule has 1 aliphatic carbocycles. The van der Waals surface area contributed by atoms with Gasteiger partial charge in [0.1, 0.15) is 6.29 Å². The average Bonchev–Trinajstić information content (AvgIpc) is 2.93. The van der Waals surface area contributed by atoms with E-state index in [-0.39, 0.29) is 11.4 Å². The second-order valence-corrected chi connectivity index (χ2v) is 4.56. The molecular weight excluding hydrogens is 180 g/mol. The molecule has 1 rings (SSSR count). The summed E-state index contributed by atoms with van der Waals surface area (Å²) in [4.78, 5) is 21.6. The Labute approximate surface area is 84.8 Å². The predicted octanol–water partition coefficient (Wildman–Crippen LogP) is 1.80. The molecule has 1 saturated carbocycles. The molecule has 0 aromatic rings. The van der Waals surface area contributed by atoms with Gasteiger partial charge in [0, 0.05) is 6.42 Å². The summed E-state index contributed by atoms with van der Waals surface area (Å²) in [6.45, 7) is 3.84. The van der Waals surface area contributed by atoms with Gasteiger partial charge in [-0.3, -0.25) is 4.79 Å². The van der Waals surface area contributed by atoms with E-state index in [1.54, 1.807) is 0 Å². The molecule has 0 bridgehead atoms. The standard InChI is InChI=1S/C11H18O3/c1-11(2,10(13)14-3)9-7-8(9)5-4-6-12/h6,8-9H,4-5,7H2,1-3H3. The number of ether oxygens (including phenoxy) is 1. The summed E-state index contributed by atoms with van der Waals surface area (Å²) in [7, 11) is 1.42. The molecule has 0 saturated heterocycles. The number of aldehydes is 1. The molecule has 0 N–H and O–H groups in total. The molecule has 14 heavy (non-hydrogen) atoms. The van der Waals surface area contributed by atoms with Gasteiger partial charge in [0.2, 0.25) is 0 Å². The third kappa shape index (κ3) is 2.14. The first kappa shape index (κ1) is 11.2. The minimum absolute atomic E-state index is 0.142. The van der Waals surface area contributed by atoms with Crippen molar-refractivity contribution in [3.63, 3.8) is 0 Å². The van der Waals surface area contributed by atoms with Crippen molar-refractivity contribution in [2.45, 2.75) is 33.1 Å². The van der Waals surface area contributed by atoms with Gasteiger partial charge in [-0.1, -0.05) is 0 Å². The monoisotopic (exact) mass is 198 g/mol. The molecule has 3 nitrogen and oxygen atoms in total. The molecule has 0 amide bonds. The highest BCUT2D eigenvalue weighted by molar-refractivity contribution is 5.76. The number of hydrogen-bond donors (Lipinski definition) is 0. The van der Waals surface area contributed by atoms with E-state index in [0.717, 1.165) is 19.1 Å². The molecule has 2 unspecified atom stereocenters. The Bertz CT molecular complexity index is 233. The van der Waals surface area contributed by atoms with Crippen LogP contribution in [0.3, 0.4) is 0 Å². The Balaban J connectivity index is 2.44. The van der Waals surface area contributed by atoms with E-state index in [4.69, 9.17) is 4.74 Å². The van der Waals surface area contributed by atoms with Gasteiger partial charge in [-0.2, -0.15) is 0 Å². The van der Waals surface area contributed by atoms with E-state index in [0.29, 0.717) is 18.3 Å². The molecule has 80 valence electrons. The molecule has 0 spiro atoms. The fourth-order valence-corrected chi connectivity index (χ4v) is 2.15. The topological polar surface area (TPSA) is 43.4 Å². The SMILES string of the molecule is COC(=O)C(C)(C)C1CC1CCC=O. The van der Waals surface area contributed by atoms with E-state index in [2.05, 4.69) is 0 Å². The maximum absolute atomic E-state index is 11.4. The van der Waals surface area contributed by atoms with Gasteiger partial charge in [-0.15, -0.1) is 0 Å². The quantitative estimate of drug-likeness (QED) is 0.499. The van der Waals surface area contributed by atoms with Crippen molar-refractivity contribution in [2.24, 2.45) is 17.3 Å². The van der Waals surface area contributed by atoms with Gasteiger partial charge >= 0.3 is 5.97 Å². The smallest absolute Gasteiger partial charge is 0.311 e. The fraction of sp³-hybridized carbons (Fsp3) is 0.818. The van der Waals surface area contributed by atoms with Crippen LogP contribution in [0, 0.1) is 17.3 Å². The van der Waals surface area contributed by atoms with Crippen LogP contribution in [0.5, 0.6) is 0 Å². The zero-order valence-corrected chi connectivity index (χ0v) is 9.08. The highest BCUT2D eigenvalue weighted by atomic mass is 16.5. The van der Waals surface area contributed by atoms with Crippen LogP contribution in [-0.2, 0) is 14.3 Å². The predicted molar refractivity (Wildman–Crippen MR) is 52.7 cm³/mol. The highest BCUT2D eigenvalue weighted by Crippen LogP contribution is 2.53. The normalized spacial score (nSPS) is 25.6. The highest BCUT2D eigenvalue weighted by Gasteiger charge is 2.51. The Hall–Kier alpha value is -0.860. The second-order valence-electron chi connectivity index (χ2n) is 4.56. The van der Waals surface area contributed by atoms with Crippen molar-refractivity contribution in [1.82, 2.24) is 0 Å². The maximum atomic E-state index is 11.4. The van der Waals surface area contributed by atoms with E-state index in [9.17, 15) is 9.59 Å². The van der Waals surface area contributed by atoms with Crippen LogP contribution in [0.4, 0.5) is 0 Å². The van der Waals surface area contributed by atoms with Crippen molar-refractivity contribution >= 4 is 12.3 Å². The number of carbonyl (C=O) groups excluding carboxylic acids is 2. The van der Waals surface area contributed by atoms with Crippen LogP contribution < -0.4 is 0 Å². The van der Waals surface area contributed by atoms with Gasteiger partial charge < -0.3 is 9.53 Å². The summed E-state index contributed by atoms with van der Waals surface area (Å²) >= 11 is 0. The number of hydrogen-bond acceptors (Lipinski definition) is 3. The summed E-state index contributed by atoms with van der Waals surface area (Å²) in [6.07, 6.45) is 3.52. The second kappa shape index (κ2) is 4.11. The molecule has 1 fully saturated rings. The lowest BCUT2D eigenvalue weighted by Crippen LogP contribution is -2.28. The average molecular weight is 198 g/mol. The first-order chi connectivity index (χ1) is 6.54. The first-order valence-electron chi connectivity index (χ1n) is 5.06. The fourth-order valence-electron chi connectivity index (χ4n) is 2.15. The van der Waals surface area contributed by atoms with E-state index < -0.39 is 0 Å². The van der Waals surface area contributed by atoms with Crippen LogP contribution in [0.15, 0.2) is 0 Å². The largest absolute Gasteiger partial charge is 0.469 e. The van der Waals surface area contributed by atoms with Crippen molar-refractivity contribution in [2.75, 3.05) is 7.11 Å². The Morgan fingerprint density at radius 2 is 2.21 bits per heavy atom. The van der Waals surface area contributed by atoms with Crippen LogP contribution in [0.2, 0.25) is 0 Å². The summed E-state index contributed by atoms with van der Waals surface area (Å²) in [5, 5.41) is 0. The van der Waals surface area contributed by atoms with Crippen molar-refractivity contribution < 1.29 is 14.3 Å². The third-order valence-corrected chi connectivity index (χ3v) is 3.22. The van der Waals surface area contributed by atoms with Gasteiger partial charge in [-0.05, 0) is 38.5 Å². The van der Waals surface area contributed by atoms with Crippen molar-refractivity contribution in [3.05, 3.63) is 0 Å². The minimum Gasteiger partial charge on any atom is -0.469 e. The van der Waals surface area contributed by atoms with E-state index in [1.165, 1.54) is 7.11 Å². The van der Waals surface area contributed by atoms with Crippen LogP contribution in [0.25, 0.3) is 0 Å². The van der Waals surface area contributed by atoms with Gasteiger partial charge in [-0.25, -0.2) is 0 Å². The van der Waals surface area contributed by atoms with Crippen molar-refractivity contribution in [3.8, 4) is 0 Å². The van der Waals surface area contributed by atoms with Crippen LogP contribution in [-0.4, -0.2) is 19.4 Å². The third-order valence-electron chi connectivity index (χ3n) is 3.22. The molecule has 0 aliphatic heterocycles.